The number of nitrogens with zero attached hydrogens (tertiary/aromatic N) is 2. The van der Waals surface area contributed by atoms with Crippen LogP contribution in [0.3, 0.4) is 0 Å². The van der Waals surface area contributed by atoms with E-state index < -0.39 is 0 Å². The van der Waals surface area contributed by atoms with E-state index in [4.69, 9.17) is 0 Å². The van der Waals surface area contributed by atoms with Crippen molar-refractivity contribution in [1.29, 1.82) is 0 Å². The predicted octanol–water partition coefficient (Wildman–Crippen LogP) is 3.27. The van der Waals surface area contributed by atoms with Gasteiger partial charge in [0, 0.05) is 39.4 Å². The molecule has 1 atom stereocenters. The molecule has 0 amide bonds. The number of benzene rings is 1. The summed E-state index contributed by atoms with van der Waals surface area (Å²) < 4.78 is 0. The third kappa shape index (κ3) is 7.87. The van der Waals surface area contributed by atoms with Gasteiger partial charge in [0.15, 0.2) is 5.96 Å². The standard InChI is InChI=1S/C17H30N4.HI/c1-6-14(2)20-17(18-3)19-13-7-8-15-9-11-16(12-10-15)21(4)5;/h9-12,14H,6-8,13H2,1-5H3,(H2,18,19,20);1H. The van der Waals surface area contributed by atoms with E-state index in [0.29, 0.717) is 6.04 Å². The quantitative estimate of drug-likeness (QED) is 0.309. The predicted molar refractivity (Wildman–Crippen MR) is 109 cm³/mol. The first-order valence-corrected chi connectivity index (χ1v) is 7.80. The van der Waals surface area contributed by atoms with Crippen LogP contribution in [0.1, 0.15) is 32.3 Å². The first-order chi connectivity index (χ1) is 10.1. The van der Waals surface area contributed by atoms with Gasteiger partial charge < -0.3 is 15.5 Å². The highest BCUT2D eigenvalue weighted by Crippen LogP contribution is 2.13. The third-order valence-electron chi connectivity index (χ3n) is 3.61. The van der Waals surface area contributed by atoms with Gasteiger partial charge in [-0.05, 0) is 43.9 Å². The van der Waals surface area contributed by atoms with Crippen molar-refractivity contribution >= 4 is 35.6 Å². The molecular formula is C17H31IN4. The van der Waals surface area contributed by atoms with Crippen molar-refractivity contribution < 1.29 is 0 Å². The lowest BCUT2D eigenvalue weighted by molar-refractivity contribution is 0.620. The number of halogens is 1. The van der Waals surface area contributed by atoms with Gasteiger partial charge in [0.25, 0.3) is 0 Å². The highest BCUT2D eigenvalue weighted by Gasteiger charge is 2.02. The van der Waals surface area contributed by atoms with Crippen LogP contribution in [0.5, 0.6) is 0 Å². The van der Waals surface area contributed by atoms with Crippen molar-refractivity contribution in [3.63, 3.8) is 0 Å². The molecule has 0 heterocycles. The molecule has 0 aliphatic rings. The maximum absolute atomic E-state index is 4.24. The number of rotatable bonds is 7. The van der Waals surface area contributed by atoms with Crippen molar-refractivity contribution in [2.75, 3.05) is 32.6 Å². The van der Waals surface area contributed by atoms with Crippen LogP contribution >= 0.6 is 24.0 Å². The van der Waals surface area contributed by atoms with Crippen LogP contribution in [0, 0.1) is 0 Å². The summed E-state index contributed by atoms with van der Waals surface area (Å²) in [6.45, 7) is 5.27. The van der Waals surface area contributed by atoms with Crippen molar-refractivity contribution in [1.82, 2.24) is 10.6 Å². The zero-order chi connectivity index (χ0) is 15.7. The first kappa shape index (κ1) is 21.0. The Morgan fingerprint density at radius 3 is 2.36 bits per heavy atom. The Kier molecular flexibility index (Phi) is 11.1. The highest BCUT2D eigenvalue weighted by atomic mass is 127. The summed E-state index contributed by atoms with van der Waals surface area (Å²) in [6.07, 6.45) is 3.28. The molecule has 1 aromatic carbocycles. The molecule has 0 saturated carbocycles. The molecule has 0 aliphatic carbocycles. The topological polar surface area (TPSA) is 39.7 Å². The van der Waals surface area contributed by atoms with Crippen LogP contribution < -0.4 is 15.5 Å². The highest BCUT2D eigenvalue weighted by molar-refractivity contribution is 14.0. The SMILES string of the molecule is CCC(C)NC(=NC)NCCCc1ccc(N(C)C)cc1.I. The van der Waals surface area contributed by atoms with E-state index in [1.165, 1.54) is 11.3 Å². The number of guanidine groups is 1. The molecule has 0 saturated heterocycles. The van der Waals surface area contributed by atoms with E-state index in [0.717, 1.165) is 31.8 Å². The number of nitrogens with one attached hydrogen (secondary N) is 2. The molecular weight excluding hydrogens is 387 g/mol. The zero-order valence-electron chi connectivity index (χ0n) is 14.5. The molecule has 1 rings (SSSR count). The van der Waals surface area contributed by atoms with Gasteiger partial charge in [0.1, 0.15) is 0 Å². The molecule has 4 nitrogen and oxygen atoms in total. The molecule has 0 fully saturated rings. The average molecular weight is 418 g/mol. The van der Waals surface area contributed by atoms with Crippen LogP contribution in [0.15, 0.2) is 29.3 Å². The molecule has 2 N–H and O–H groups in total. The monoisotopic (exact) mass is 418 g/mol. The zero-order valence-corrected chi connectivity index (χ0v) is 16.8. The fraction of sp³-hybridized carbons (Fsp3) is 0.588. The van der Waals surface area contributed by atoms with E-state index in [9.17, 15) is 0 Å². The molecule has 0 bridgehead atoms. The van der Waals surface area contributed by atoms with E-state index in [1.54, 1.807) is 0 Å². The molecule has 0 aliphatic heterocycles. The van der Waals surface area contributed by atoms with E-state index in [2.05, 4.69) is 72.7 Å². The summed E-state index contributed by atoms with van der Waals surface area (Å²) in [6, 6.07) is 9.22. The van der Waals surface area contributed by atoms with Gasteiger partial charge in [-0.15, -0.1) is 24.0 Å². The van der Waals surface area contributed by atoms with Crippen LogP contribution in [0.4, 0.5) is 5.69 Å². The lowest BCUT2D eigenvalue weighted by Gasteiger charge is -2.16. The number of hydrogen-bond donors (Lipinski definition) is 2. The minimum Gasteiger partial charge on any atom is -0.378 e. The second kappa shape index (κ2) is 11.6. The maximum Gasteiger partial charge on any atom is 0.191 e. The number of aliphatic imine (C=N–C) groups is 1. The Hall–Kier alpha value is -0.980. The van der Waals surface area contributed by atoms with Crippen LogP contribution in [-0.2, 0) is 6.42 Å². The normalized spacial score (nSPS) is 12.3. The van der Waals surface area contributed by atoms with Gasteiger partial charge in [0.2, 0.25) is 0 Å². The van der Waals surface area contributed by atoms with Crippen molar-refractivity contribution in [2.24, 2.45) is 4.99 Å². The van der Waals surface area contributed by atoms with E-state index >= 15 is 0 Å². The molecule has 1 unspecified atom stereocenters. The fourth-order valence-corrected chi connectivity index (χ4v) is 1.99. The first-order valence-electron chi connectivity index (χ1n) is 7.80. The van der Waals surface area contributed by atoms with Gasteiger partial charge in [-0.25, -0.2) is 0 Å². The third-order valence-corrected chi connectivity index (χ3v) is 3.61. The second-order valence-corrected chi connectivity index (χ2v) is 5.62. The summed E-state index contributed by atoms with van der Waals surface area (Å²) in [5, 5.41) is 6.73. The summed E-state index contributed by atoms with van der Waals surface area (Å²) in [5.41, 5.74) is 2.63. The Balaban J connectivity index is 0.00000441. The van der Waals surface area contributed by atoms with Gasteiger partial charge in [-0.3, -0.25) is 4.99 Å². The summed E-state index contributed by atoms with van der Waals surface area (Å²) in [4.78, 5) is 6.36. The van der Waals surface area contributed by atoms with Gasteiger partial charge in [-0.1, -0.05) is 19.1 Å². The summed E-state index contributed by atoms with van der Waals surface area (Å²) >= 11 is 0. The van der Waals surface area contributed by atoms with Gasteiger partial charge in [-0.2, -0.15) is 0 Å². The second-order valence-electron chi connectivity index (χ2n) is 5.62. The average Bonchev–Trinajstić information content (AvgIpc) is 2.50. The van der Waals surface area contributed by atoms with Crippen molar-refractivity contribution in [3.05, 3.63) is 29.8 Å². The number of aryl methyl sites for hydroxylation is 1. The molecule has 0 radical (unpaired) electrons. The van der Waals surface area contributed by atoms with Crippen LogP contribution in [0.25, 0.3) is 0 Å². The Morgan fingerprint density at radius 2 is 1.86 bits per heavy atom. The Bertz CT molecular complexity index is 429. The largest absolute Gasteiger partial charge is 0.378 e. The lowest BCUT2D eigenvalue weighted by Crippen LogP contribution is -2.42. The molecule has 5 heteroatoms. The van der Waals surface area contributed by atoms with Crippen LogP contribution in [0.2, 0.25) is 0 Å². The summed E-state index contributed by atoms with van der Waals surface area (Å²) in [5.74, 6) is 0.896. The fourth-order valence-electron chi connectivity index (χ4n) is 1.99. The Labute approximate surface area is 152 Å². The molecule has 0 spiro atoms. The van der Waals surface area contributed by atoms with Crippen LogP contribution in [-0.4, -0.2) is 39.7 Å². The molecule has 126 valence electrons. The minimum atomic E-state index is 0. The van der Waals surface area contributed by atoms with Gasteiger partial charge in [0.05, 0.1) is 0 Å². The number of hydrogen-bond acceptors (Lipinski definition) is 2. The van der Waals surface area contributed by atoms with Crippen molar-refractivity contribution in [2.45, 2.75) is 39.2 Å². The summed E-state index contributed by atoms with van der Waals surface area (Å²) in [7, 11) is 5.95. The maximum atomic E-state index is 4.24. The van der Waals surface area contributed by atoms with E-state index in [1.807, 2.05) is 7.05 Å². The lowest BCUT2D eigenvalue weighted by atomic mass is 10.1. The Morgan fingerprint density at radius 1 is 1.23 bits per heavy atom. The molecule has 1 aromatic rings. The smallest absolute Gasteiger partial charge is 0.191 e. The number of anilines is 1. The minimum absolute atomic E-state index is 0. The molecule has 22 heavy (non-hydrogen) atoms. The van der Waals surface area contributed by atoms with E-state index in [-0.39, 0.29) is 24.0 Å². The molecule has 0 aromatic heterocycles. The van der Waals surface area contributed by atoms with Crippen molar-refractivity contribution in [3.8, 4) is 0 Å². The van der Waals surface area contributed by atoms with Gasteiger partial charge >= 0.3 is 0 Å².